The van der Waals surface area contributed by atoms with Crippen LogP contribution < -0.4 is 5.73 Å². The van der Waals surface area contributed by atoms with Crippen molar-refractivity contribution in [3.05, 3.63) is 33.8 Å². The van der Waals surface area contributed by atoms with Crippen LogP contribution in [0.4, 0.5) is 8.78 Å². The van der Waals surface area contributed by atoms with Gasteiger partial charge in [-0.15, -0.1) is 12.4 Å². The Morgan fingerprint density at radius 3 is 2.79 bits per heavy atom. The van der Waals surface area contributed by atoms with Crippen LogP contribution in [0.1, 0.15) is 18.4 Å². The average molecular weight is 356 g/mol. The van der Waals surface area contributed by atoms with Gasteiger partial charge in [0, 0.05) is 18.7 Å². The number of likely N-dealkylation sites (tertiary alicyclic amines) is 1. The van der Waals surface area contributed by atoms with E-state index < -0.39 is 11.6 Å². The third-order valence-corrected chi connectivity index (χ3v) is 4.07. The van der Waals surface area contributed by atoms with E-state index in [4.69, 9.17) is 5.73 Å². The standard InChI is InChI=1S/C13H17BrF2N2.ClH/c14-11-3-4-12(15)10(13(11)16)8-18-5-1-2-9(6-17)7-18;/h3-4,9H,1-2,5-8,17H2;1H. The highest BCUT2D eigenvalue weighted by Gasteiger charge is 2.21. The van der Waals surface area contributed by atoms with Crippen LogP contribution in [0.3, 0.4) is 0 Å². The van der Waals surface area contributed by atoms with Crippen LogP contribution in [0.25, 0.3) is 0 Å². The molecule has 2 nitrogen and oxygen atoms in total. The lowest BCUT2D eigenvalue weighted by molar-refractivity contribution is 0.167. The fourth-order valence-electron chi connectivity index (χ4n) is 2.42. The summed E-state index contributed by atoms with van der Waals surface area (Å²) in [5.41, 5.74) is 5.80. The van der Waals surface area contributed by atoms with Gasteiger partial charge in [-0.2, -0.15) is 0 Å². The Kier molecular flexibility index (Phi) is 6.66. The fourth-order valence-corrected chi connectivity index (χ4v) is 2.80. The lowest BCUT2D eigenvalue weighted by Gasteiger charge is -2.32. The molecule has 0 aromatic heterocycles. The van der Waals surface area contributed by atoms with E-state index in [0.717, 1.165) is 25.9 Å². The summed E-state index contributed by atoms with van der Waals surface area (Å²) in [6, 6.07) is 2.69. The smallest absolute Gasteiger partial charge is 0.144 e. The minimum absolute atomic E-state index is 0. The van der Waals surface area contributed by atoms with Gasteiger partial charge in [0.15, 0.2) is 0 Å². The fraction of sp³-hybridized carbons (Fsp3) is 0.538. The van der Waals surface area contributed by atoms with Crippen LogP contribution in [0, 0.1) is 17.6 Å². The van der Waals surface area contributed by atoms with Gasteiger partial charge in [-0.3, -0.25) is 4.90 Å². The summed E-state index contributed by atoms with van der Waals surface area (Å²) in [6.45, 7) is 2.65. The van der Waals surface area contributed by atoms with Gasteiger partial charge in [0.25, 0.3) is 0 Å². The molecule has 0 saturated carbocycles. The van der Waals surface area contributed by atoms with Crippen LogP contribution in [-0.2, 0) is 6.54 Å². The molecular weight excluding hydrogens is 338 g/mol. The van der Waals surface area contributed by atoms with Crippen LogP contribution in [0.5, 0.6) is 0 Å². The minimum atomic E-state index is -0.495. The Bertz CT molecular complexity index is 431. The van der Waals surface area contributed by atoms with Crippen molar-refractivity contribution < 1.29 is 8.78 Å². The van der Waals surface area contributed by atoms with Crippen LogP contribution in [0.2, 0.25) is 0 Å². The van der Waals surface area contributed by atoms with Gasteiger partial charge in [-0.25, -0.2) is 8.78 Å². The zero-order chi connectivity index (χ0) is 13.1. The molecule has 1 heterocycles. The summed E-state index contributed by atoms with van der Waals surface area (Å²) in [7, 11) is 0. The predicted octanol–water partition coefficient (Wildman–Crippen LogP) is 3.32. The molecule has 1 unspecified atom stereocenters. The summed E-state index contributed by atoms with van der Waals surface area (Å²) in [5, 5.41) is 0. The predicted molar refractivity (Wildman–Crippen MR) is 78.4 cm³/mol. The van der Waals surface area contributed by atoms with Gasteiger partial charge >= 0.3 is 0 Å². The SMILES string of the molecule is Cl.NCC1CCCN(Cc2c(F)ccc(Br)c2F)C1. The van der Waals surface area contributed by atoms with Gasteiger partial charge in [-0.1, -0.05) is 0 Å². The molecule has 2 rings (SSSR count). The number of halogens is 4. The van der Waals surface area contributed by atoms with Gasteiger partial charge in [0.1, 0.15) is 11.6 Å². The van der Waals surface area contributed by atoms with Gasteiger partial charge in [-0.05, 0) is 59.9 Å². The first-order valence-electron chi connectivity index (χ1n) is 6.16. The summed E-state index contributed by atoms with van der Waals surface area (Å²) < 4.78 is 27.8. The van der Waals surface area contributed by atoms with E-state index in [1.54, 1.807) is 0 Å². The lowest BCUT2D eigenvalue weighted by atomic mass is 9.98. The van der Waals surface area contributed by atoms with E-state index in [1.807, 2.05) is 0 Å². The Balaban J connectivity index is 0.00000180. The molecular formula is C13H18BrClF2N2. The Hall–Kier alpha value is -0.230. The van der Waals surface area contributed by atoms with Crippen molar-refractivity contribution in [2.75, 3.05) is 19.6 Å². The number of benzene rings is 1. The monoisotopic (exact) mass is 354 g/mol. The van der Waals surface area contributed by atoms with Gasteiger partial charge < -0.3 is 5.73 Å². The Morgan fingerprint density at radius 1 is 1.37 bits per heavy atom. The van der Waals surface area contributed by atoms with E-state index >= 15 is 0 Å². The molecule has 1 aromatic rings. The first-order valence-corrected chi connectivity index (χ1v) is 6.96. The quantitative estimate of drug-likeness (QED) is 0.843. The molecule has 1 aliphatic heterocycles. The molecule has 0 amide bonds. The lowest BCUT2D eigenvalue weighted by Crippen LogP contribution is -2.38. The summed E-state index contributed by atoms with van der Waals surface area (Å²) >= 11 is 3.09. The third-order valence-electron chi connectivity index (χ3n) is 3.46. The molecule has 0 spiro atoms. The number of piperidine rings is 1. The zero-order valence-corrected chi connectivity index (χ0v) is 12.9. The van der Waals surface area contributed by atoms with E-state index in [-0.39, 0.29) is 18.0 Å². The molecule has 1 aliphatic rings. The maximum atomic E-state index is 13.9. The molecule has 2 N–H and O–H groups in total. The molecule has 1 aromatic carbocycles. The van der Waals surface area contributed by atoms with Gasteiger partial charge in [0.2, 0.25) is 0 Å². The molecule has 1 atom stereocenters. The maximum absolute atomic E-state index is 13.9. The van der Waals surface area contributed by atoms with Crippen molar-refractivity contribution in [1.82, 2.24) is 4.90 Å². The van der Waals surface area contributed by atoms with Crippen molar-refractivity contribution in [1.29, 1.82) is 0 Å². The Morgan fingerprint density at radius 2 is 2.11 bits per heavy atom. The molecule has 0 aliphatic carbocycles. The topological polar surface area (TPSA) is 29.3 Å². The summed E-state index contributed by atoms with van der Waals surface area (Å²) in [4.78, 5) is 2.08. The molecule has 1 saturated heterocycles. The molecule has 0 radical (unpaired) electrons. The maximum Gasteiger partial charge on any atom is 0.144 e. The number of nitrogens with two attached hydrogens (primary N) is 1. The van der Waals surface area contributed by atoms with Gasteiger partial charge in [0.05, 0.1) is 4.47 Å². The normalized spacial score (nSPS) is 20.1. The van der Waals surface area contributed by atoms with Crippen molar-refractivity contribution in [3.63, 3.8) is 0 Å². The summed E-state index contributed by atoms with van der Waals surface area (Å²) in [5.74, 6) is -0.535. The zero-order valence-electron chi connectivity index (χ0n) is 10.5. The molecule has 19 heavy (non-hydrogen) atoms. The minimum Gasteiger partial charge on any atom is -0.330 e. The number of rotatable bonds is 3. The number of hydrogen-bond donors (Lipinski definition) is 1. The summed E-state index contributed by atoms with van der Waals surface area (Å²) in [6.07, 6.45) is 2.15. The average Bonchev–Trinajstić information content (AvgIpc) is 2.39. The molecule has 0 bridgehead atoms. The highest BCUT2D eigenvalue weighted by atomic mass is 79.9. The van der Waals surface area contributed by atoms with Crippen LogP contribution in [0.15, 0.2) is 16.6 Å². The van der Waals surface area contributed by atoms with Crippen molar-refractivity contribution in [2.24, 2.45) is 11.7 Å². The first kappa shape index (κ1) is 16.8. The second-order valence-electron chi connectivity index (χ2n) is 4.80. The highest BCUT2D eigenvalue weighted by Crippen LogP contribution is 2.25. The molecule has 6 heteroatoms. The van der Waals surface area contributed by atoms with Crippen LogP contribution in [-0.4, -0.2) is 24.5 Å². The largest absolute Gasteiger partial charge is 0.330 e. The van der Waals surface area contributed by atoms with Crippen LogP contribution >= 0.6 is 28.3 Å². The van der Waals surface area contributed by atoms with Crippen molar-refractivity contribution in [3.8, 4) is 0 Å². The first-order chi connectivity index (χ1) is 8.61. The molecule has 108 valence electrons. The third kappa shape index (κ3) is 4.12. The highest BCUT2D eigenvalue weighted by molar-refractivity contribution is 9.10. The van der Waals surface area contributed by atoms with Crippen molar-refractivity contribution >= 4 is 28.3 Å². The second-order valence-corrected chi connectivity index (χ2v) is 5.66. The van der Waals surface area contributed by atoms with E-state index in [9.17, 15) is 8.78 Å². The second kappa shape index (κ2) is 7.53. The number of nitrogens with zero attached hydrogens (tertiary/aromatic N) is 1. The van der Waals surface area contributed by atoms with Crippen molar-refractivity contribution in [2.45, 2.75) is 19.4 Å². The van der Waals surface area contributed by atoms with E-state index in [2.05, 4.69) is 20.8 Å². The Labute approximate surface area is 126 Å². The number of hydrogen-bond acceptors (Lipinski definition) is 2. The molecule has 1 fully saturated rings. The van der Waals surface area contributed by atoms with E-state index in [0.29, 0.717) is 23.5 Å². The van der Waals surface area contributed by atoms with E-state index in [1.165, 1.54) is 12.1 Å².